The van der Waals surface area contributed by atoms with Gasteiger partial charge in [0.1, 0.15) is 17.5 Å². The Morgan fingerprint density at radius 3 is 2.56 bits per heavy atom. The van der Waals surface area contributed by atoms with Gasteiger partial charge >= 0.3 is 0 Å². The average Bonchev–Trinajstić information content (AvgIpc) is 3.07. The molecule has 4 rings (SSSR count). The zero-order valence-corrected chi connectivity index (χ0v) is 15.1. The monoisotopic (exact) mass is 400 g/mol. The molecule has 0 radical (unpaired) electrons. The number of H-pyrrole nitrogens is 1. The summed E-state index contributed by atoms with van der Waals surface area (Å²) in [6.07, 6.45) is 0. The predicted octanol–water partition coefficient (Wildman–Crippen LogP) is 4.74. The molecule has 0 spiro atoms. The van der Waals surface area contributed by atoms with Crippen LogP contribution in [0.1, 0.15) is 17.0 Å². The molecule has 0 bridgehead atoms. The highest BCUT2D eigenvalue weighted by atomic mass is 35.5. The molecule has 5 nitrogen and oxygen atoms in total. The first-order chi connectivity index (χ1) is 13.0. The van der Waals surface area contributed by atoms with Crippen LogP contribution in [-0.4, -0.2) is 10.2 Å². The molecule has 3 N–H and O–H groups in total. The third kappa shape index (κ3) is 2.91. The maximum Gasteiger partial charge on any atom is 0.244 e. The number of allylic oxidation sites excluding steroid dienone is 1. The molecule has 8 heteroatoms. The summed E-state index contributed by atoms with van der Waals surface area (Å²) >= 11 is 12.1. The molecule has 3 aromatic rings. The summed E-state index contributed by atoms with van der Waals surface area (Å²) in [5, 5.41) is 17.5. The highest BCUT2D eigenvalue weighted by molar-refractivity contribution is 6.42. The van der Waals surface area contributed by atoms with Gasteiger partial charge in [0.05, 0.1) is 27.2 Å². The van der Waals surface area contributed by atoms with Crippen molar-refractivity contribution in [3.8, 4) is 23.2 Å². The normalized spacial score (nSPS) is 15.9. The van der Waals surface area contributed by atoms with E-state index >= 15 is 0 Å². The van der Waals surface area contributed by atoms with Gasteiger partial charge in [0, 0.05) is 5.56 Å². The molecule has 0 fully saturated rings. The maximum absolute atomic E-state index is 13.4. The molecule has 0 saturated heterocycles. The lowest BCUT2D eigenvalue weighted by molar-refractivity contribution is 0.379. The van der Waals surface area contributed by atoms with Crippen LogP contribution in [0.3, 0.4) is 0 Å². The van der Waals surface area contributed by atoms with Crippen molar-refractivity contribution in [1.82, 2.24) is 10.2 Å². The second kappa shape index (κ2) is 6.62. The quantitative estimate of drug-likeness (QED) is 0.649. The molecule has 1 unspecified atom stereocenters. The number of rotatable bonds is 2. The van der Waals surface area contributed by atoms with Crippen molar-refractivity contribution in [1.29, 1.82) is 5.26 Å². The fourth-order valence-electron chi connectivity index (χ4n) is 3.11. The van der Waals surface area contributed by atoms with E-state index in [1.807, 2.05) is 0 Å². The minimum atomic E-state index is -0.567. The van der Waals surface area contributed by atoms with Gasteiger partial charge in [-0.05, 0) is 29.8 Å². The lowest BCUT2D eigenvalue weighted by Gasteiger charge is -2.24. The second-order valence-corrected chi connectivity index (χ2v) is 6.74. The molecular weight excluding hydrogens is 390 g/mol. The minimum absolute atomic E-state index is 0.0356. The molecule has 0 saturated carbocycles. The maximum atomic E-state index is 13.4. The molecule has 0 aliphatic carbocycles. The Morgan fingerprint density at radius 1 is 1.15 bits per heavy atom. The van der Waals surface area contributed by atoms with Crippen LogP contribution in [0, 0.1) is 17.1 Å². The third-order valence-corrected chi connectivity index (χ3v) is 5.09. The van der Waals surface area contributed by atoms with Crippen molar-refractivity contribution in [3.05, 3.63) is 80.9 Å². The van der Waals surface area contributed by atoms with Crippen molar-refractivity contribution in [3.63, 3.8) is 0 Å². The summed E-state index contributed by atoms with van der Waals surface area (Å²) < 4.78 is 18.9. The topological polar surface area (TPSA) is 87.7 Å². The summed E-state index contributed by atoms with van der Waals surface area (Å²) in [5.74, 6) is -0.727. The van der Waals surface area contributed by atoms with Gasteiger partial charge in [-0.3, -0.25) is 5.10 Å². The summed E-state index contributed by atoms with van der Waals surface area (Å²) in [6, 6.07) is 13.1. The molecular formula is C19H11Cl2FN4O. The Bertz CT molecular complexity index is 1120. The average molecular weight is 401 g/mol. The minimum Gasteiger partial charge on any atom is -0.420 e. The van der Waals surface area contributed by atoms with Crippen LogP contribution in [-0.2, 0) is 0 Å². The molecule has 1 aromatic heterocycles. The van der Waals surface area contributed by atoms with E-state index in [4.69, 9.17) is 33.7 Å². The van der Waals surface area contributed by atoms with E-state index < -0.39 is 5.92 Å². The Balaban J connectivity index is 1.94. The van der Waals surface area contributed by atoms with Crippen LogP contribution in [0.4, 0.5) is 4.39 Å². The molecule has 134 valence electrons. The highest BCUT2D eigenvalue weighted by Gasteiger charge is 2.35. The number of halogens is 3. The van der Waals surface area contributed by atoms with Crippen LogP contribution in [0.25, 0.3) is 11.3 Å². The first-order valence-corrected chi connectivity index (χ1v) is 8.62. The van der Waals surface area contributed by atoms with Crippen LogP contribution >= 0.6 is 23.2 Å². The number of fused-ring (bicyclic) bond motifs is 1. The van der Waals surface area contributed by atoms with Crippen LogP contribution in [0.2, 0.25) is 10.0 Å². The highest BCUT2D eigenvalue weighted by Crippen LogP contribution is 2.46. The van der Waals surface area contributed by atoms with Gasteiger partial charge in [-0.2, -0.15) is 5.26 Å². The summed E-state index contributed by atoms with van der Waals surface area (Å²) in [5.41, 5.74) is 8.77. The molecule has 27 heavy (non-hydrogen) atoms. The molecule has 0 amide bonds. The number of nitrogens with one attached hydrogen (secondary N) is 1. The second-order valence-electron chi connectivity index (χ2n) is 5.92. The van der Waals surface area contributed by atoms with Crippen molar-refractivity contribution < 1.29 is 9.13 Å². The zero-order chi connectivity index (χ0) is 19.1. The van der Waals surface area contributed by atoms with Crippen molar-refractivity contribution in [2.75, 3.05) is 0 Å². The molecule has 1 atom stereocenters. The van der Waals surface area contributed by atoms with E-state index in [-0.39, 0.29) is 23.2 Å². The first kappa shape index (κ1) is 17.4. The number of nitrogens with two attached hydrogens (primary N) is 1. The number of ether oxygens (including phenoxy) is 1. The Kier molecular flexibility index (Phi) is 4.27. The van der Waals surface area contributed by atoms with Gasteiger partial charge < -0.3 is 10.5 Å². The molecule has 1 aliphatic heterocycles. The van der Waals surface area contributed by atoms with Crippen molar-refractivity contribution >= 4 is 23.2 Å². The van der Waals surface area contributed by atoms with Crippen LogP contribution < -0.4 is 10.5 Å². The zero-order valence-electron chi connectivity index (χ0n) is 13.6. The van der Waals surface area contributed by atoms with Gasteiger partial charge in [0.25, 0.3) is 0 Å². The standard InChI is InChI=1S/C19H11Cl2FN4O/c20-13-6-3-10(7-14(13)21)17-16-15(9-1-4-11(22)5-2-9)12(8-23)18(24)27-19(16)26-25-17/h1-7,15H,24H2,(H,25,26). The Morgan fingerprint density at radius 2 is 1.89 bits per heavy atom. The predicted molar refractivity (Wildman–Crippen MR) is 99.7 cm³/mol. The molecule has 1 aliphatic rings. The first-order valence-electron chi connectivity index (χ1n) is 7.86. The largest absolute Gasteiger partial charge is 0.420 e. The van der Waals surface area contributed by atoms with Gasteiger partial charge in [0.2, 0.25) is 11.8 Å². The number of benzene rings is 2. The van der Waals surface area contributed by atoms with Gasteiger partial charge in [-0.15, -0.1) is 5.10 Å². The van der Waals surface area contributed by atoms with Gasteiger partial charge in [-0.25, -0.2) is 4.39 Å². The lowest BCUT2D eigenvalue weighted by Crippen LogP contribution is -2.21. The van der Waals surface area contributed by atoms with Gasteiger partial charge in [0.15, 0.2) is 0 Å². The summed E-state index contributed by atoms with van der Waals surface area (Å²) in [6.45, 7) is 0. The SMILES string of the molecule is N#CC1=C(N)Oc2n[nH]c(-c3ccc(Cl)c(Cl)c3)c2C1c1ccc(F)cc1. The lowest BCUT2D eigenvalue weighted by atomic mass is 9.83. The van der Waals surface area contributed by atoms with E-state index in [2.05, 4.69) is 16.3 Å². The van der Waals surface area contributed by atoms with Crippen molar-refractivity contribution in [2.24, 2.45) is 5.73 Å². The number of hydrogen-bond donors (Lipinski definition) is 2. The number of aromatic amines is 1. The van der Waals surface area contributed by atoms with E-state index in [0.29, 0.717) is 32.4 Å². The molecule has 2 aromatic carbocycles. The van der Waals surface area contributed by atoms with E-state index in [0.717, 1.165) is 0 Å². The van der Waals surface area contributed by atoms with E-state index in [9.17, 15) is 9.65 Å². The number of aromatic nitrogens is 2. The fraction of sp³-hybridized carbons (Fsp3) is 0.0526. The number of nitriles is 1. The fourth-order valence-corrected chi connectivity index (χ4v) is 3.40. The van der Waals surface area contributed by atoms with Crippen LogP contribution in [0.15, 0.2) is 53.9 Å². The Labute approximate surface area is 163 Å². The van der Waals surface area contributed by atoms with Gasteiger partial charge in [-0.1, -0.05) is 41.4 Å². The van der Waals surface area contributed by atoms with Crippen LogP contribution in [0.5, 0.6) is 5.88 Å². The van der Waals surface area contributed by atoms with E-state index in [1.165, 1.54) is 12.1 Å². The smallest absolute Gasteiger partial charge is 0.244 e. The third-order valence-electron chi connectivity index (χ3n) is 4.35. The summed E-state index contributed by atoms with van der Waals surface area (Å²) in [7, 11) is 0. The van der Waals surface area contributed by atoms with E-state index in [1.54, 1.807) is 30.3 Å². The number of hydrogen-bond acceptors (Lipinski definition) is 4. The van der Waals surface area contributed by atoms with Crippen molar-refractivity contribution in [2.45, 2.75) is 5.92 Å². The molecule has 2 heterocycles. The summed E-state index contributed by atoms with van der Waals surface area (Å²) in [4.78, 5) is 0. The number of nitrogens with zero attached hydrogens (tertiary/aromatic N) is 2. The Hall–Kier alpha value is -3.01.